The Balaban J connectivity index is 1.78. The molecule has 0 bridgehead atoms. The van der Waals surface area contributed by atoms with E-state index in [1.165, 1.54) is 11.3 Å². The molecule has 0 unspecified atom stereocenters. The van der Waals surface area contributed by atoms with Gasteiger partial charge in [0.2, 0.25) is 5.78 Å². The van der Waals surface area contributed by atoms with Gasteiger partial charge in [0, 0.05) is 6.54 Å². The van der Waals surface area contributed by atoms with Gasteiger partial charge in [-0.1, -0.05) is 65.7 Å². The number of aliphatic hydroxyl groups excluding tert-OH is 1. The maximum atomic E-state index is 13.2. The molecule has 1 aliphatic heterocycles. The number of aliphatic hydroxyl groups is 1. The first-order chi connectivity index (χ1) is 14.0. The van der Waals surface area contributed by atoms with Gasteiger partial charge in [0.1, 0.15) is 0 Å². The van der Waals surface area contributed by atoms with Crippen molar-refractivity contribution in [2.75, 3.05) is 0 Å². The normalized spacial score (nSPS) is 16.6. The number of hydrogen-bond donors (Lipinski definition) is 1. The van der Waals surface area contributed by atoms with Crippen LogP contribution in [0.2, 0.25) is 0 Å². The number of nitrogens with zero attached hydrogens (tertiary/aromatic N) is 1. The molecule has 29 heavy (non-hydrogen) atoms. The molecular formula is C24H21NO3S. The van der Waals surface area contributed by atoms with Crippen LogP contribution in [-0.2, 0) is 11.3 Å². The molecule has 1 atom stereocenters. The zero-order valence-corrected chi connectivity index (χ0v) is 17.1. The van der Waals surface area contributed by atoms with Crippen molar-refractivity contribution in [2.24, 2.45) is 0 Å². The molecule has 0 saturated heterocycles. The van der Waals surface area contributed by atoms with E-state index in [9.17, 15) is 14.7 Å². The van der Waals surface area contributed by atoms with Crippen molar-refractivity contribution in [1.82, 2.24) is 4.90 Å². The number of ketones is 1. The summed E-state index contributed by atoms with van der Waals surface area (Å²) in [6, 6.07) is 18.5. The number of carbonyl (C=O) groups is 2. The minimum atomic E-state index is -0.626. The number of rotatable bonds is 5. The van der Waals surface area contributed by atoms with Crippen LogP contribution in [0.25, 0.3) is 0 Å². The molecule has 0 aliphatic carbocycles. The van der Waals surface area contributed by atoms with Crippen LogP contribution in [0.3, 0.4) is 0 Å². The van der Waals surface area contributed by atoms with E-state index in [4.69, 9.17) is 0 Å². The summed E-state index contributed by atoms with van der Waals surface area (Å²) in [5.74, 6) is -1.28. The molecular weight excluding hydrogens is 382 g/mol. The van der Waals surface area contributed by atoms with Crippen molar-refractivity contribution in [3.63, 3.8) is 0 Å². The molecule has 3 aromatic rings. The lowest BCUT2D eigenvalue weighted by molar-refractivity contribution is -0.130. The molecule has 1 aromatic heterocycles. The summed E-state index contributed by atoms with van der Waals surface area (Å²) in [4.78, 5) is 28.2. The van der Waals surface area contributed by atoms with Crippen molar-refractivity contribution < 1.29 is 14.7 Å². The standard InChI is InChI=1S/C24H21NO3S/c1-15-5-9-17(10-6-15)14-25-21(18-11-7-16(2)8-12-18)20(23(27)24(25)28)22(26)19-4-3-13-29-19/h3-13,21,27H,14H2,1-2H3/t21-/m1/s1. The Labute approximate surface area is 173 Å². The molecule has 1 amide bonds. The third kappa shape index (κ3) is 3.61. The molecule has 4 nitrogen and oxygen atoms in total. The summed E-state index contributed by atoms with van der Waals surface area (Å²) < 4.78 is 0. The number of Topliss-reactive ketones (excluding diaryl/α,β-unsaturated/α-hetero) is 1. The van der Waals surface area contributed by atoms with Crippen LogP contribution in [0.1, 0.15) is 38.0 Å². The molecule has 1 aliphatic rings. The Bertz CT molecular complexity index is 1080. The van der Waals surface area contributed by atoms with Gasteiger partial charge in [0.15, 0.2) is 5.76 Å². The third-order valence-electron chi connectivity index (χ3n) is 5.16. The number of benzene rings is 2. The van der Waals surface area contributed by atoms with Gasteiger partial charge in [0.25, 0.3) is 5.91 Å². The van der Waals surface area contributed by atoms with E-state index in [1.807, 2.05) is 67.8 Å². The van der Waals surface area contributed by atoms with Gasteiger partial charge < -0.3 is 10.0 Å². The number of amides is 1. The van der Waals surface area contributed by atoms with Crippen LogP contribution < -0.4 is 0 Å². The van der Waals surface area contributed by atoms with Crippen LogP contribution in [0.4, 0.5) is 0 Å². The lowest BCUT2D eigenvalue weighted by Crippen LogP contribution is -2.30. The zero-order chi connectivity index (χ0) is 20.5. The second-order valence-electron chi connectivity index (χ2n) is 7.30. The first-order valence-corrected chi connectivity index (χ1v) is 10.3. The molecule has 0 saturated carbocycles. The zero-order valence-electron chi connectivity index (χ0n) is 16.3. The SMILES string of the molecule is Cc1ccc(CN2C(=O)C(O)=C(C(=O)c3cccs3)[C@H]2c2ccc(C)cc2)cc1. The second kappa shape index (κ2) is 7.68. The van der Waals surface area contributed by atoms with Gasteiger partial charge in [-0.25, -0.2) is 0 Å². The summed E-state index contributed by atoms with van der Waals surface area (Å²) in [6.07, 6.45) is 0. The van der Waals surface area contributed by atoms with Gasteiger partial charge >= 0.3 is 0 Å². The Morgan fingerprint density at radius 3 is 2.21 bits per heavy atom. The van der Waals surface area contributed by atoms with E-state index < -0.39 is 17.7 Å². The van der Waals surface area contributed by atoms with Crippen LogP contribution >= 0.6 is 11.3 Å². The smallest absolute Gasteiger partial charge is 0.290 e. The molecule has 1 N–H and O–H groups in total. The van der Waals surface area contributed by atoms with Gasteiger partial charge in [-0.3, -0.25) is 9.59 Å². The summed E-state index contributed by atoms with van der Waals surface area (Å²) in [7, 11) is 0. The minimum absolute atomic E-state index is 0.147. The monoisotopic (exact) mass is 403 g/mol. The molecule has 5 heteroatoms. The average Bonchev–Trinajstić information content (AvgIpc) is 3.33. The Morgan fingerprint density at radius 1 is 1.00 bits per heavy atom. The molecule has 2 heterocycles. The molecule has 2 aromatic carbocycles. The molecule has 0 spiro atoms. The van der Waals surface area contributed by atoms with Crippen molar-refractivity contribution >= 4 is 23.0 Å². The summed E-state index contributed by atoms with van der Waals surface area (Å²) in [5, 5.41) is 12.5. The van der Waals surface area contributed by atoms with E-state index in [-0.39, 0.29) is 11.4 Å². The highest BCUT2D eigenvalue weighted by atomic mass is 32.1. The molecule has 146 valence electrons. The van der Waals surface area contributed by atoms with Crippen LogP contribution in [0, 0.1) is 13.8 Å². The quantitative estimate of drug-likeness (QED) is 0.600. The van der Waals surface area contributed by atoms with Crippen LogP contribution in [0.15, 0.2) is 77.4 Å². The first kappa shape index (κ1) is 19.2. The summed E-state index contributed by atoms with van der Waals surface area (Å²) in [6.45, 7) is 4.30. The largest absolute Gasteiger partial charge is 0.503 e. The first-order valence-electron chi connectivity index (χ1n) is 9.40. The highest BCUT2D eigenvalue weighted by Gasteiger charge is 2.43. The Hall–Kier alpha value is -3.18. The predicted octanol–water partition coefficient (Wildman–Crippen LogP) is 5.14. The average molecular weight is 404 g/mol. The van der Waals surface area contributed by atoms with E-state index in [0.717, 1.165) is 22.3 Å². The van der Waals surface area contributed by atoms with Crippen molar-refractivity contribution in [2.45, 2.75) is 26.4 Å². The summed E-state index contributed by atoms with van der Waals surface area (Å²) in [5.41, 5.74) is 4.11. The van der Waals surface area contributed by atoms with Gasteiger partial charge in [-0.15, -0.1) is 11.3 Å². The highest BCUT2D eigenvalue weighted by Crippen LogP contribution is 2.40. The van der Waals surface area contributed by atoms with Crippen molar-refractivity contribution in [1.29, 1.82) is 0 Å². The fourth-order valence-corrected chi connectivity index (χ4v) is 4.25. The van der Waals surface area contributed by atoms with E-state index in [1.54, 1.807) is 17.0 Å². The van der Waals surface area contributed by atoms with Gasteiger partial charge in [-0.2, -0.15) is 0 Å². The number of thiophene rings is 1. The fourth-order valence-electron chi connectivity index (χ4n) is 3.57. The number of carbonyl (C=O) groups excluding carboxylic acids is 2. The molecule has 4 rings (SSSR count). The Kier molecular flexibility index (Phi) is 5.07. The van der Waals surface area contributed by atoms with Crippen LogP contribution in [-0.4, -0.2) is 21.7 Å². The highest BCUT2D eigenvalue weighted by molar-refractivity contribution is 7.12. The lowest BCUT2D eigenvalue weighted by atomic mass is 9.94. The maximum Gasteiger partial charge on any atom is 0.290 e. The number of aryl methyl sites for hydroxylation is 2. The van der Waals surface area contributed by atoms with E-state index >= 15 is 0 Å². The van der Waals surface area contributed by atoms with Crippen molar-refractivity contribution in [3.05, 3.63) is 105 Å². The lowest BCUT2D eigenvalue weighted by Gasteiger charge is -2.27. The van der Waals surface area contributed by atoms with Crippen molar-refractivity contribution in [3.8, 4) is 0 Å². The maximum absolute atomic E-state index is 13.2. The third-order valence-corrected chi connectivity index (χ3v) is 6.03. The number of hydrogen-bond acceptors (Lipinski definition) is 4. The molecule has 0 radical (unpaired) electrons. The predicted molar refractivity (Wildman–Crippen MR) is 114 cm³/mol. The minimum Gasteiger partial charge on any atom is -0.503 e. The Morgan fingerprint density at radius 2 is 1.62 bits per heavy atom. The van der Waals surface area contributed by atoms with E-state index in [2.05, 4.69) is 0 Å². The van der Waals surface area contributed by atoms with E-state index in [0.29, 0.717) is 11.4 Å². The summed E-state index contributed by atoms with van der Waals surface area (Å²) >= 11 is 1.30. The van der Waals surface area contributed by atoms with Crippen LogP contribution in [0.5, 0.6) is 0 Å². The van der Waals surface area contributed by atoms with Gasteiger partial charge in [0.05, 0.1) is 16.5 Å². The van der Waals surface area contributed by atoms with Gasteiger partial charge in [-0.05, 0) is 36.4 Å². The second-order valence-corrected chi connectivity index (χ2v) is 8.25. The fraction of sp³-hybridized carbons (Fsp3) is 0.167. The topological polar surface area (TPSA) is 57.6 Å². The molecule has 0 fully saturated rings.